The Balaban J connectivity index is 1.85. The lowest BCUT2D eigenvalue weighted by molar-refractivity contribution is -0.230. The average molecular weight is 493 g/mol. The van der Waals surface area contributed by atoms with Gasteiger partial charge in [0.2, 0.25) is 5.78 Å². The minimum absolute atomic E-state index is 0.0712. The number of Topliss-reactive ketones (excluding diaryl/α,β-unsaturated/α-hetero) is 1. The van der Waals surface area contributed by atoms with Crippen molar-refractivity contribution in [3.05, 3.63) is 23.8 Å². The highest BCUT2D eigenvalue weighted by Crippen LogP contribution is 2.71. The second-order valence-electron chi connectivity index (χ2n) is 11.4. The number of hydrogen-bond acceptors (Lipinski definition) is 7. The molecule has 194 valence electrons. The van der Waals surface area contributed by atoms with Crippen LogP contribution in [0.5, 0.6) is 0 Å². The van der Waals surface area contributed by atoms with E-state index in [1.54, 1.807) is 33.8 Å². The summed E-state index contributed by atoms with van der Waals surface area (Å²) in [5, 5.41) is 31.5. The number of hydrogen-bond donors (Lipinski definition) is 3. The summed E-state index contributed by atoms with van der Waals surface area (Å²) in [5.74, 6) is -3.25. The molecule has 0 aromatic heterocycles. The molecule has 4 aliphatic rings. The predicted octanol–water partition coefficient (Wildman–Crippen LogP) is 2.61. The van der Waals surface area contributed by atoms with Gasteiger partial charge in [0.15, 0.2) is 17.1 Å². The molecule has 3 fully saturated rings. The fourth-order valence-corrected chi connectivity index (χ4v) is 8.09. The molecule has 0 heterocycles. The Hall–Kier alpha value is -1.90. The predicted molar refractivity (Wildman–Crippen MR) is 125 cm³/mol. The number of fused-ring (bicyclic) bond motifs is 5. The number of ketones is 2. The fourth-order valence-electron chi connectivity index (χ4n) is 8.09. The third-order valence-electron chi connectivity index (χ3n) is 9.75. The molecule has 1 unspecified atom stereocenters. The molecule has 3 N–H and O–H groups in total. The van der Waals surface area contributed by atoms with Gasteiger partial charge < -0.3 is 20.1 Å². The Morgan fingerprint density at radius 1 is 1.29 bits per heavy atom. The molecule has 9 atom stereocenters. The van der Waals surface area contributed by atoms with Crippen molar-refractivity contribution < 1.29 is 38.8 Å². The molecule has 0 aliphatic heterocycles. The highest BCUT2D eigenvalue weighted by molar-refractivity contribution is 6.01. The Kier molecular flexibility index (Phi) is 6.43. The number of halogens is 1. The molecule has 8 heteroatoms. The first-order chi connectivity index (χ1) is 16.3. The van der Waals surface area contributed by atoms with Gasteiger partial charge in [-0.05, 0) is 57.1 Å². The van der Waals surface area contributed by atoms with Crippen LogP contribution in [0.25, 0.3) is 0 Å². The van der Waals surface area contributed by atoms with Crippen LogP contribution in [0.2, 0.25) is 0 Å². The van der Waals surface area contributed by atoms with Gasteiger partial charge in [-0.3, -0.25) is 14.4 Å². The summed E-state index contributed by atoms with van der Waals surface area (Å²) >= 11 is 0. The molecule has 0 bridgehead atoms. The van der Waals surface area contributed by atoms with Crippen molar-refractivity contribution >= 4 is 17.5 Å². The third kappa shape index (κ3) is 3.28. The van der Waals surface area contributed by atoms with Crippen LogP contribution in [0.3, 0.4) is 0 Å². The zero-order chi connectivity index (χ0) is 26.0. The Labute approximate surface area is 205 Å². The van der Waals surface area contributed by atoms with Gasteiger partial charge in [-0.15, -0.1) is 0 Å². The number of carbonyl (C=O) groups excluding carboxylic acids is 3. The molecule has 0 radical (unpaired) electrons. The topological polar surface area (TPSA) is 121 Å². The molecule has 3 saturated carbocycles. The van der Waals surface area contributed by atoms with Crippen molar-refractivity contribution in [3.63, 3.8) is 0 Å². The highest BCUT2D eigenvalue weighted by atomic mass is 19.1. The van der Waals surface area contributed by atoms with Gasteiger partial charge in [0.05, 0.1) is 12.7 Å². The molecule has 0 spiro atoms. The first-order valence-electron chi connectivity index (χ1n) is 12.7. The van der Waals surface area contributed by atoms with E-state index in [0.29, 0.717) is 31.3 Å². The maximum Gasteiger partial charge on any atom is 0.306 e. The van der Waals surface area contributed by atoms with Crippen molar-refractivity contribution in [1.82, 2.24) is 0 Å². The standard InChI is InChI=1S/C27H37FO7/c1-5-6-22(33)35-27(23(34)20(31)14-29)15(2)11-19-18-8-7-16-12-17(30)9-10-24(16,3)26(18,28)21(32)13-25(19,27)4/h9-10,12,15,18-21,29,31-32H,5-8,11,13-14H2,1-4H3/t15-,18+,19+,20?,21+,24+,25+,26+,27+/m1/s1. The zero-order valence-corrected chi connectivity index (χ0v) is 20.9. The normalized spacial score (nSPS) is 45.1. The van der Waals surface area contributed by atoms with E-state index in [0.717, 1.165) is 0 Å². The van der Waals surface area contributed by atoms with Crippen LogP contribution in [0.15, 0.2) is 23.8 Å². The highest BCUT2D eigenvalue weighted by Gasteiger charge is 2.77. The summed E-state index contributed by atoms with van der Waals surface area (Å²) in [4.78, 5) is 38.4. The van der Waals surface area contributed by atoms with Gasteiger partial charge in [0, 0.05) is 29.1 Å². The molecule has 4 aliphatic carbocycles. The van der Waals surface area contributed by atoms with Crippen LogP contribution in [0.4, 0.5) is 4.39 Å². The van der Waals surface area contributed by atoms with Gasteiger partial charge in [-0.1, -0.05) is 32.4 Å². The molecule has 7 nitrogen and oxygen atoms in total. The largest absolute Gasteiger partial charge is 0.450 e. The van der Waals surface area contributed by atoms with Crippen LogP contribution in [0, 0.1) is 28.6 Å². The zero-order valence-electron chi connectivity index (χ0n) is 20.9. The van der Waals surface area contributed by atoms with Crippen LogP contribution in [0.1, 0.15) is 66.2 Å². The lowest BCUT2D eigenvalue weighted by Gasteiger charge is -2.62. The van der Waals surface area contributed by atoms with Gasteiger partial charge in [-0.25, -0.2) is 4.39 Å². The van der Waals surface area contributed by atoms with Crippen LogP contribution in [-0.2, 0) is 19.1 Å². The molecule has 0 amide bonds. The van der Waals surface area contributed by atoms with Crippen LogP contribution >= 0.6 is 0 Å². The first kappa shape index (κ1) is 26.2. The molecule has 0 aromatic carbocycles. The van der Waals surface area contributed by atoms with Crippen molar-refractivity contribution in [2.45, 2.75) is 89.7 Å². The minimum Gasteiger partial charge on any atom is -0.450 e. The quantitative estimate of drug-likeness (QED) is 0.488. The maximum atomic E-state index is 17.3. The van der Waals surface area contributed by atoms with E-state index in [4.69, 9.17) is 4.74 Å². The van der Waals surface area contributed by atoms with Gasteiger partial charge in [0.25, 0.3) is 0 Å². The smallest absolute Gasteiger partial charge is 0.306 e. The Bertz CT molecular complexity index is 990. The third-order valence-corrected chi connectivity index (χ3v) is 9.75. The minimum atomic E-state index is -2.08. The van der Waals surface area contributed by atoms with Crippen molar-refractivity contribution in [3.8, 4) is 0 Å². The van der Waals surface area contributed by atoms with Crippen LogP contribution < -0.4 is 0 Å². The number of allylic oxidation sites excluding steroid dienone is 4. The molecular formula is C27H37FO7. The van der Waals surface area contributed by atoms with Gasteiger partial charge in [-0.2, -0.15) is 0 Å². The van der Waals surface area contributed by atoms with E-state index in [-0.39, 0.29) is 18.6 Å². The van der Waals surface area contributed by atoms with E-state index in [2.05, 4.69) is 0 Å². The second-order valence-corrected chi connectivity index (χ2v) is 11.4. The van der Waals surface area contributed by atoms with E-state index in [9.17, 15) is 29.7 Å². The molecular weight excluding hydrogens is 455 g/mol. The number of rotatable bonds is 6. The number of alkyl halides is 1. The monoisotopic (exact) mass is 492 g/mol. The molecule has 35 heavy (non-hydrogen) atoms. The number of aliphatic hydroxyl groups excluding tert-OH is 3. The number of carbonyl (C=O) groups is 3. The maximum absolute atomic E-state index is 17.3. The lowest BCUT2D eigenvalue weighted by atomic mass is 9.44. The van der Waals surface area contributed by atoms with Gasteiger partial charge >= 0.3 is 5.97 Å². The van der Waals surface area contributed by atoms with Gasteiger partial charge in [0.1, 0.15) is 6.10 Å². The SMILES string of the molecule is CCCC(=O)O[C@]1(C(=O)C(O)CO)[C@H](C)C[C@H]2[C@@H]3CCC4=CC(=O)C=C[C@]4(C)[C@@]3(F)[C@@H](O)C[C@@]21C. The summed E-state index contributed by atoms with van der Waals surface area (Å²) in [6.45, 7) is 6.20. The number of ether oxygens (including phenoxy) is 1. The summed E-state index contributed by atoms with van der Waals surface area (Å²) in [5.41, 5.74) is -5.56. The van der Waals surface area contributed by atoms with Crippen molar-refractivity contribution in [2.75, 3.05) is 6.61 Å². The average Bonchev–Trinajstić information content (AvgIpc) is 3.01. The Morgan fingerprint density at radius 2 is 1.97 bits per heavy atom. The second kappa shape index (κ2) is 8.60. The molecule has 4 rings (SSSR count). The number of aliphatic hydroxyl groups is 3. The van der Waals surface area contributed by atoms with E-state index in [1.165, 1.54) is 12.2 Å². The van der Waals surface area contributed by atoms with E-state index >= 15 is 4.39 Å². The van der Waals surface area contributed by atoms with Crippen molar-refractivity contribution in [1.29, 1.82) is 0 Å². The summed E-state index contributed by atoms with van der Waals surface area (Å²) in [6, 6.07) is 0. The number of esters is 1. The van der Waals surface area contributed by atoms with E-state index < -0.39 is 70.4 Å². The lowest BCUT2D eigenvalue weighted by Crippen LogP contribution is -2.70. The Morgan fingerprint density at radius 3 is 2.60 bits per heavy atom. The molecule has 0 aromatic rings. The van der Waals surface area contributed by atoms with E-state index in [1.807, 2.05) is 0 Å². The summed E-state index contributed by atoms with van der Waals surface area (Å²) in [7, 11) is 0. The molecule has 0 saturated heterocycles. The van der Waals surface area contributed by atoms with Crippen molar-refractivity contribution in [2.24, 2.45) is 28.6 Å². The fraction of sp³-hybridized carbons (Fsp3) is 0.741. The first-order valence-corrected chi connectivity index (χ1v) is 12.7. The summed E-state index contributed by atoms with van der Waals surface area (Å²) < 4.78 is 23.3. The summed E-state index contributed by atoms with van der Waals surface area (Å²) in [6.07, 6.45) is 2.73. The van der Waals surface area contributed by atoms with Crippen LogP contribution in [-0.4, -0.2) is 62.9 Å².